The van der Waals surface area contributed by atoms with E-state index in [-0.39, 0.29) is 5.82 Å². The summed E-state index contributed by atoms with van der Waals surface area (Å²) in [5.74, 6) is -0.167. The van der Waals surface area contributed by atoms with Gasteiger partial charge < -0.3 is 5.32 Å². The Bertz CT molecular complexity index is 535. The Hall–Kier alpha value is -1.74. The van der Waals surface area contributed by atoms with Gasteiger partial charge in [0.1, 0.15) is 5.82 Å². The van der Waals surface area contributed by atoms with E-state index >= 15 is 0 Å². The highest BCUT2D eigenvalue weighted by Gasteiger charge is 2.00. The van der Waals surface area contributed by atoms with Gasteiger partial charge in [0.2, 0.25) is 0 Å². The average Bonchev–Trinajstić information content (AvgIpc) is 2.39. The molecule has 0 atom stereocenters. The van der Waals surface area contributed by atoms with Crippen molar-refractivity contribution < 1.29 is 4.39 Å². The number of hydrogen-bond donors (Lipinski definition) is 1. The van der Waals surface area contributed by atoms with Crippen LogP contribution in [0.15, 0.2) is 36.5 Å². The van der Waals surface area contributed by atoms with Gasteiger partial charge in [-0.15, -0.1) is 0 Å². The summed E-state index contributed by atoms with van der Waals surface area (Å²) in [5.41, 5.74) is 4.42. The highest BCUT2D eigenvalue weighted by molar-refractivity contribution is 5.26. The summed E-state index contributed by atoms with van der Waals surface area (Å²) in [6.07, 6.45) is 2.80. The highest BCUT2D eigenvalue weighted by Crippen LogP contribution is 2.10. The van der Waals surface area contributed by atoms with E-state index in [4.69, 9.17) is 0 Å². The van der Waals surface area contributed by atoms with Crippen LogP contribution in [0.4, 0.5) is 4.39 Å². The molecule has 2 rings (SSSR count). The molecule has 0 fully saturated rings. The summed E-state index contributed by atoms with van der Waals surface area (Å²) < 4.78 is 13.0. The number of aryl methyl sites for hydroxylation is 2. The maximum atomic E-state index is 13.0. The van der Waals surface area contributed by atoms with Crippen LogP contribution in [0.1, 0.15) is 22.4 Å². The first-order valence-corrected chi connectivity index (χ1v) is 6.52. The zero-order chi connectivity index (χ0) is 13.7. The fraction of sp³-hybridized carbons (Fsp3) is 0.312. The fourth-order valence-corrected chi connectivity index (χ4v) is 2.00. The molecule has 1 heterocycles. The predicted molar refractivity (Wildman–Crippen MR) is 75.5 cm³/mol. The number of rotatable bonds is 5. The van der Waals surface area contributed by atoms with Gasteiger partial charge in [0.15, 0.2) is 0 Å². The molecule has 3 heteroatoms. The molecule has 0 aliphatic rings. The minimum Gasteiger partial charge on any atom is -0.312 e. The van der Waals surface area contributed by atoms with Gasteiger partial charge in [-0.1, -0.05) is 12.1 Å². The summed E-state index contributed by atoms with van der Waals surface area (Å²) in [6.45, 7) is 5.62. The third-order valence-corrected chi connectivity index (χ3v) is 3.18. The van der Waals surface area contributed by atoms with Gasteiger partial charge in [-0.2, -0.15) is 0 Å². The topological polar surface area (TPSA) is 24.9 Å². The van der Waals surface area contributed by atoms with E-state index in [1.165, 1.54) is 17.2 Å². The molecular formula is C16H19FN2. The largest absolute Gasteiger partial charge is 0.312 e. The first-order chi connectivity index (χ1) is 9.15. The Morgan fingerprint density at radius 2 is 2.00 bits per heavy atom. The molecule has 0 spiro atoms. The van der Waals surface area contributed by atoms with Crippen LogP contribution in [0.3, 0.4) is 0 Å². The molecule has 0 amide bonds. The van der Waals surface area contributed by atoms with E-state index in [9.17, 15) is 4.39 Å². The quantitative estimate of drug-likeness (QED) is 0.833. The lowest BCUT2D eigenvalue weighted by molar-refractivity contribution is 0.624. The van der Waals surface area contributed by atoms with Gasteiger partial charge >= 0.3 is 0 Å². The lowest BCUT2D eigenvalue weighted by Gasteiger charge is -2.07. The average molecular weight is 258 g/mol. The van der Waals surface area contributed by atoms with Crippen molar-refractivity contribution in [1.29, 1.82) is 0 Å². The number of benzene rings is 1. The third kappa shape index (κ3) is 4.14. The Kier molecular flexibility index (Phi) is 4.63. The van der Waals surface area contributed by atoms with Crippen LogP contribution >= 0.6 is 0 Å². The van der Waals surface area contributed by atoms with Crippen LogP contribution in [0, 0.1) is 19.7 Å². The van der Waals surface area contributed by atoms with E-state index in [1.807, 2.05) is 32.2 Å². The lowest BCUT2D eigenvalue weighted by Crippen LogP contribution is -2.17. The van der Waals surface area contributed by atoms with E-state index < -0.39 is 0 Å². The number of halogens is 1. The number of pyridine rings is 1. The van der Waals surface area contributed by atoms with Gasteiger partial charge in [0, 0.05) is 18.4 Å². The molecule has 2 aromatic rings. The maximum absolute atomic E-state index is 13.0. The molecule has 0 aliphatic carbocycles. The molecule has 0 unspecified atom stereocenters. The second-order valence-electron chi connectivity index (χ2n) is 4.81. The zero-order valence-corrected chi connectivity index (χ0v) is 11.4. The van der Waals surface area contributed by atoms with Crippen molar-refractivity contribution in [3.63, 3.8) is 0 Å². The summed E-state index contributed by atoms with van der Waals surface area (Å²) in [6, 6.07) is 9.06. The van der Waals surface area contributed by atoms with Crippen LogP contribution in [0.25, 0.3) is 0 Å². The molecule has 1 aromatic heterocycles. The molecular weight excluding hydrogens is 239 g/mol. The molecule has 1 aromatic carbocycles. The van der Waals surface area contributed by atoms with E-state index in [1.54, 1.807) is 6.07 Å². The molecule has 19 heavy (non-hydrogen) atoms. The first kappa shape index (κ1) is 13.7. The van der Waals surface area contributed by atoms with E-state index in [2.05, 4.69) is 16.4 Å². The second kappa shape index (κ2) is 6.43. The number of hydrogen-bond acceptors (Lipinski definition) is 2. The van der Waals surface area contributed by atoms with Crippen molar-refractivity contribution in [2.45, 2.75) is 26.8 Å². The summed E-state index contributed by atoms with van der Waals surface area (Å²) in [4.78, 5) is 4.26. The van der Waals surface area contributed by atoms with Gasteiger partial charge in [0.05, 0.1) is 0 Å². The second-order valence-corrected chi connectivity index (χ2v) is 4.81. The van der Waals surface area contributed by atoms with Crippen LogP contribution < -0.4 is 5.32 Å². The SMILES string of the molecule is Cc1ccc(CNCCc2ccc(F)cc2C)cn1. The minimum absolute atomic E-state index is 0.167. The standard InChI is InChI=1S/C16H19FN2/c1-12-9-16(17)6-5-15(12)7-8-18-10-14-4-3-13(2)19-11-14/h3-6,9,11,18H,7-8,10H2,1-2H3. The summed E-state index contributed by atoms with van der Waals surface area (Å²) in [5, 5.41) is 3.38. The van der Waals surface area contributed by atoms with Crippen molar-refractivity contribution in [2.24, 2.45) is 0 Å². The first-order valence-electron chi connectivity index (χ1n) is 6.52. The van der Waals surface area contributed by atoms with Gasteiger partial charge in [-0.05, 0) is 61.7 Å². The maximum Gasteiger partial charge on any atom is 0.123 e. The summed E-state index contributed by atoms with van der Waals surface area (Å²) in [7, 11) is 0. The fourth-order valence-electron chi connectivity index (χ4n) is 2.00. The molecule has 2 nitrogen and oxygen atoms in total. The van der Waals surface area contributed by atoms with Crippen LogP contribution in [0.2, 0.25) is 0 Å². The number of nitrogens with zero attached hydrogens (tertiary/aromatic N) is 1. The van der Waals surface area contributed by atoms with Crippen molar-refractivity contribution in [3.8, 4) is 0 Å². The molecule has 0 saturated carbocycles. The monoisotopic (exact) mass is 258 g/mol. The van der Waals surface area contributed by atoms with Gasteiger partial charge in [0.25, 0.3) is 0 Å². The Labute approximate surface area is 113 Å². The van der Waals surface area contributed by atoms with Crippen molar-refractivity contribution >= 4 is 0 Å². The third-order valence-electron chi connectivity index (χ3n) is 3.18. The van der Waals surface area contributed by atoms with E-state index in [0.29, 0.717) is 0 Å². The van der Waals surface area contributed by atoms with Crippen molar-refractivity contribution in [2.75, 3.05) is 6.54 Å². The Balaban J connectivity index is 1.79. The Morgan fingerprint density at radius 1 is 1.16 bits per heavy atom. The predicted octanol–water partition coefficient (Wildman–Crippen LogP) is 3.17. The van der Waals surface area contributed by atoms with Crippen molar-refractivity contribution in [3.05, 3.63) is 64.7 Å². The molecule has 0 radical (unpaired) electrons. The molecule has 1 N–H and O–H groups in total. The van der Waals surface area contributed by atoms with E-state index in [0.717, 1.165) is 30.8 Å². The van der Waals surface area contributed by atoms with Crippen LogP contribution in [0.5, 0.6) is 0 Å². The molecule has 0 saturated heterocycles. The van der Waals surface area contributed by atoms with Gasteiger partial charge in [-0.25, -0.2) is 4.39 Å². The highest BCUT2D eigenvalue weighted by atomic mass is 19.1. The van der Waals surface area contributed by atoms with Crippen LogP contribution in [-0.2, 0) is 13.0 Å². The van der Waals surface area contributed by atoms with Crippen molar-refractivity contribution in [1.82, 2.24) is 10.3 Å². The Morgan fingerprint density at radius 3 is 2.68 bits per heavy atom. The zero-order valence-electron chi connectivity index (χ0n) is 11.4. The molecule has 100 valence electrons. The smallest absolute Gasteiger partial charge is 0.123 e. The summed E-state index contributed by atoms with van der Waals surface area (Å²) >= 11 is 0. The van der Waals surface area contributed by atoms with Gasteiger partial charge in [-0.3, -0.25) is 4.98 Å². The minimum atomic E-state index is -0.167. The van der Waals surface area contributed by atoms with Crippen LogP contribution in [-0.4, -0.2) is 11.5 Å². The normalized spacial score (nSPS) is 10.7. The molecule has 0 aliphatic heterocycles. The molecule has 0 bridgehead atoms. The number of nitrogens with one attached hydrogen (secondary N) is 1. The number of aromatic nitrogens is 1. The lowest BCUT2D eigenvalue weighted by atomic mass is 10.1.